The number of hydrogen-bond donors (Lipinski definition) is 0. The molecule has 1 heteroatoms. The lowest BCUT2D eigenvalue weighted by atomic mass is 10.4. The standard InChI is InChI=1S/C6H7N.C4H10.C2H6/c1-6-4-2-3-5-7-6;1-3-4-2;1-2/h2-5H,1H3;3-4H2,1-2H3;1-2H3. The van der Waals surface area contributed by atoms with Crippen LogP contribution in [0.15, 0.2) is 24.4 Å². The van der Waals surface area contributed by atoms with E-state index in [0.717, 1.165) is 5.69 Å². The molecule has 0 radical (unpaired) electrons. The normalized spacial score (nSPS) is 7.46. The molecule has 0 aliphatic heterocycles. The minimum atomic E-state index is 1.07. The lowest BCUT2D eigenvalue weighted by Crippen LogP contribution is -1.72. The second kappa shape index (κ2) is 13.7. The minimum absolute atomic E-state index is 1.07. The third-order valence-electron chi connectivity index (χ3n) is 1.31. The third kappa shape index (κ3) is 14.1. The van der Waals surface area contributed by atoms with Gasteiger partial charge in [0, 0.05) is 11.9 Å². The van der Waals surface area contributed by atoms with Crippen molar-refractivity contribution in [2.24, 2.45) is 0 Å². The van der Waals surface area contributed by atoms with Crippen LogP contribution in [-0.4, -0.2) is 4.98 Å². The molecule has 0 aromatic carbocycles. The van der Waals surface area contributed by atoms with Gasteiger partial charge in [-0.15, -0.1) is 0 Å². The van der Waals surface area contributed by atoms with Gasteiger partial charge in [0.15, 0.2) is 0 Å². The molecule has 0 unspecified atom stereocenters. The van der Waals surface area contributed by atoms with Crippen LogP contribution in [0.4, 0.5) is 0 Å². The van der Waals surface area contributed by atoms with Crippen LogP contribution in [0.2, 0.25) is 0 Å². The molecule has 76 valence electrons. The predicted octanol–water partition coefficient (Wildman–Crippen LogP) is 4.22. The maximum atomic E-state index is 3.98. The number of hydrogen-bond acceptors (Lipinski definition) is 1. The molecule has 1 heterocycles. The van der Waals surface area contributed by atoms with Crippen LogP contribution in [-0.2, 0) is 0 Å². The second-order valence-electron chi connectivity index (χ2n) is 2.47. The van der Waals surface area contributed by atoms with Crippen LogP contribution in [0.3, 0.4) is 0 Å². The van der Waals surface area contributed by atoms with E-state index < -0.39 is 0 Å². The van der Waals surface area contributed by atoms with Gasteiger partial charge >= 0.3 is 0 Å². The van der Waals surface area contributed by atoms with E-state index in [1.54, 1.807) is 6.20 Å². The molecule has 0 saturated carbocycles. The smallest absolute Gasteiger partial charge is 0.0372 e. The maximum Gasteiger partial charge on any atom is 0.0372 e. The SMILES string of the molecule is CC.CCCC.Cc1ccccn1. The molecule has 0 aliphatic rings. The molecule has 0 spiro atoms. The fourth-order valence-corrected chi connectivity index (χ4v) is 0.448. The summed E-state index contributed by atoms with van der Waals surface area (Å²) in [4.78, 5) is 3.98. The zero-order valence-electron chi connectivity index (χ0n) is 9.67. The number of rotatable bonds is 1. The van der Waals surface area contributed by atoms with Crippen LogP contribution < -0.4 is 0 Å². The fraction of sp³-hybridized carbons (Fsp3) is 0.583. The van der Waals surface area contributed by atoms with Crippen molar-refractivity contribution >= 4 is 0 Å². The van der Waals surface area contributed by atoms with E-state index in [1.807, 2.05) is 39.0 Å². The van der Waals surface area contributed by atoms with Crippen LogP contribution >= 0.6 is 0 Å². The highest BCUT2D eigenvalue weighted by Gasteiger charge is 1.73. The molecule has 13 heavy (non-hydrogen) atoms. The van der Waals surface area contributed by atoms with E-state index in [4.69, 9.17) is 0 Å². The largest absolute Gasteiger partial charge is 0.262 e. The number of aromatic nitrogens is 1. The summed E-state index contributed by atoms with van der Waals surface area (Å²) >= 11 is 0. The Kier molecular flexibility index (Phi) is 15.5. The van der Waals surface area contributed by atoms with Crippen molar-refractivity contribution in [3.8, 4) is 0 Å². The molecular formula is C12H23N. The summed E-state index contributed by atoms with van der Waals surface area (Å²) in [6.45, 7) is 10.3. The van der Waals surface area contributed by atoms with Crippen molar-refractivity contribution in [1.82, 2.24) is 4.98 Å². The summed E-state index contributed by atoms with van der Waals surface area (Å²) in [5.74, 6) is 0. The predicted molar refractivity (Wildman–Crippen MR) is 60.9 cm³/mol. The Hall–Kier alpha value is -0.850. The van der Waals surface area contributed by atoms with Gasteiger partial charge < -0.3 is 0 Å². The van der Waals surface area contributed by atoms with Crippen molar-refractivity contribution in [2.75, 3.05) is 0 Å². The van der Waals surface area contributed by atoms with Gasteiger partial charge in [-0.25, -0.2) is 0 Å². The number of unbranched alkanes of at least 4 members (excludes halogenated alkanes) is 1. The zero-order valence-corrected chi connectivity index (χ0v) is 9.67. The molecule has 1 nitrogen and oxygen atoms in total. The summed E-state index contributed by atoms with van der Waals surface area (Å²) < 4.78 is 0. The van der Waals surface area contributed by atoms with Crippen LogP contribution in [0, 0.1) is 6.92 Å². The van der Waals surface area contributed by atoms with Gasteiger partial charge in [0.1, 0.15) is 0 Å². The first-order chi connectivity index (χ1) is 6.31. The summed E-state index contributed by atoms with van der Waals surface area (Å²) in [6, 6.07) is 5.86. The van der Waals surface area contributed by atoms with E-state index in [9.17, 15) is 0 Å². The van der Waals surface area contributed by atoms with Crippen LogP contribution in [0.1, 0.15) is 46.2 Å². The summed E-state index contributed by atoms with van der Waals surface area (Å²) in [5, 5.41) is 0. The maximum absolute atomic E-state index is 3.98. The first kappa shape index (κ1) is 14.7. The highest BCUT2D eigenvalue weighted by Crippen LogP contribution is 1.86. The Labute approximate surface area is 83.2 Å². The van der Waals surface area contributed by atoms with Crippen LogP contribution in [0.25, 0.3) is 0 Å². The van der Waals surface area contributed by atoms with Crippen molar-refractivity contribution < 1.29 is 0 Å². The van der Waals surface area contributed by atoms with E-state index >= 15 is 0 Å². The average Bonchev–Trinajstić information content (AvgIpc) is 2.22. The molecule has 1 aromatic rings. The average molecular weight is 181 g/mol. The Morgan fingerprint density at radius 2 is 1.62 bits per heavy atom. The van der Waals surface area contributed by atoms with Gasteiger partial charge in [0.25, 0.3) is 0 Å². The molecule has 1 rings (SSSR count). The topological polar surface area (TPSA) is 12.9 Å². The highest BCUT2D eigenvalue weighted by molar-refractivity contribution is 4.99. The molecule has 0 fully saturated rings. The zero-order chi connectivity index (χ0) is 10.5. The first-order valence-electron chi connectivity index (χ1n) is 5.18. The molecule has 0 N–H and O–H groups in total. The van der Waals surface area contributed by atoms with Gasteiger partial charge in [0.05, 0.1) is 0 Å². The van der Waals surface area contributed by atoms with Crippen LogP contribution in [0.5, 0.6) is 0 Å². The Morgan fingerprint density at radius 1 is 1.08 bits per heavy atom. The van der Waals surface area contributed by atoms with Crippen molar-refractivity contribution in [3.05, 3.63) is 30.1 Å². The molecule has 0 atom stereocenters. The molecule has 0 saturated heterocycles. The van der Waals surface area contributed by atoms with Gasteiger partial charge in [-0.2, -0.15) is 0 Å². The van der Waals surface area contributed by atoms with E-state index in [2.05, 4.69) is 18.8 Å². The monoisotopic (exact) mass is 181 g/mol. The van der Waals surface area contributed by atoms with Gasteiger partial charge in [-0.05, 0) is 19.1 Å². The van der Waals surface area contributed by atoms with Gasteiger partial charge in [-0.1, -0.05) is 46.6 Å². The summed E-state index contributed by atoms with van der Waals surface area (Å²) in [7, 11) is 0. The summed E-state index contributed by atoms with van der Waals surface area (Å²) in [6.07, 6.45) is 4.43. The first-order valence-corrected chi connectivity index (χ1v) is 5.18. The van der Waals surface area contributed by atoms with E-state index in [-0.39, 0.29) is 0 Å². The van der Waals surface area contributed by atoms with E-state index in [0.29, 0.717) is 0 Å². The lowest BCUT2D eigenvalue weighted by molar-refractivity contribution is 0.886. The molecule has 0 aliphatic carbocycles. The quantitative estimate of drug-likeness (QED) is 0.632. The fourth-order valence-electron chi connectivity index (χ4n) is 0.448. The minimum Gasteiger partial charge on any atom is -0.262 e. The second-order valence-corrected chi connectivity index (χ2v) is 2.47. The van der Waals surface area contributed by atoms with E-state index in [1.165, 1.54) is 12.8 Å². The molecular weight excluding hydrogens is 158 g/mol. The molecule has 0 amide bonds. The van der Waals surface area contributed by atoms with Crippen molar-refractivity contribution in [1.29, 1.82) is 0 Å². The Morgan fingerprint density at radius 3 is 1.77 bits per heavy atom. The molecule has 1 aromatic heterocycles. The Bertz CT molecular complexity index is 156. The number of nitrogens with zero attached hydrogens (tertiary/aromatic N) is 1. The third-order valence-corrected chi connectivity index (χ3v) is 1.31. The number of aryl methyl sites for hydroxylation is 1. The van der Waals surface area contributed by atoms with Gasteiger partial charge in [0.2, 0.25) is 0 Å². The van der Waals surface area contributed by atoms with Gasteiger partial charge in [-0.3, -0.25) is 4.98 Å². The highest BCUT2D eigenvalue weighted by atomic mass is 14.6. The lowest BCUT2D eigenvalue weighted by Gasteiger charge is -1.82. The van der Waals surface area contributed by atoms with Crippen molar-refractivity contribution in [2.45, 2.75) is 47.5 Å². The number of pyridine rings is 1. The Balaban J connectivity index is 0. The van der Waals surface area contributed by atoms with Crippen molar-refractivity contribution in [3.63, 3.8) is 0 Å². The summed E-state index contributed by atoms with van der Waals surface area (Å²) in [5.41, 5.74) is 1.07. The molecule has 0 bridgehead atoms.